The molecule has 0 fully saturated rings. The molecule has 1 aromatic heterocycles. The Morgan fingerprint density at radius 1 is 1.50 bits per heavy atom. The van der Waals surface area contributed by atoms with E-state index in [9.17, 15) is 9.59 Å². The molecule has 0 aromatic carbocycles. The fourth-order valence-corrected chi connectivity index (χ4v) is 1.77. The van der Waals surface area contributed by atoms with E-state index in [0.29, 0.717) is 10.8 Å². The zero-order valence-corrected chi connectivity index (χ0v) is 11.4. The summed E-state index contributed by atoms with van der Waals surface area (Å²) in [6.45, 7) is 5.08. The van der Waals surface area contributed by atoms with Gasteiger partial charge in [0.05, 0.1) is 11.1 Å². The normalized spacial score (nSPS) is 13.1. The zero-order chi connectivity index (χ0) is 13.9. The molecule has 1 rings (SSSR count). The summed E-state index contributed by atoms with van der Waals surface area (Å²) in [6.07, 6.45) is 0. The maximum atomic E-state index is 11.6. The first-order chi connectivity index (χ1) is 8.21. The van der Waals surface area contributed by atoms with E-state index in [4.69, 9.17) is 16.2 Å². The Morgan fingerprint density at radius 2 is 2.11 bits per heavy atom. The van der Waals surface area contributed by atoms with E-state index >= 15 is 0 Å². The summed E-state index contributed by atoms with van der Waals surface area (Å²) in [7, 11) is 0. The Hall–Kier alpha value is -1.63. The molecule has 6 nitrogen and oxygen atoms in total. The van der Waals surface area contributed by atoms with Crippen molar-refractivity contribution in [3.8, 4) is 0 Å². The van der Waals surface area contributed by atoms with Crippen LogP contribution in [0.4, 0.5) is 5.13 Å². The first-order valence-electron chi connectivity index (χ1n) is 5.39. The van der Waals surface area contributed by atoms with Crippen LogP contribution in [-0.4, -0.2) is 23.5 Å². The topological polar surface area (TPSA) is 108 Å². The van der Waals surface area contributed by atoms with E-state index in [-0.39, 0.29) is 6.61 Å². The quantitative estimate of drug-likeness (QED) is 0.790. The van der Waals surface area contributed by atoms with Gasteiger partial charge in [0.15, 0.2) is 5.13 Å². The van der Waals surface area contributed by atoms with Gasteiger partial charge < -0.3 is 16.2 Å². The number of aromatic nitrogens is 1. The molecule has 0 saturated heterocycles. The number of ether oxygens (including phenoxy) is 1. The summed E-state index contributed by atoms with van der Waals surface area (Å²) in [4.78, 5) is 26.9. The number of esters is 1. The van der Waals surface area contributed by atoms with Crippen molar-refractivity contribution in [2.75, 3.05) is 12.3 Å². The van der Waals surface area contributed by atoms with Crippen molar-refractivity contribution in [2.45, 2.75) is 26.7 Å². The first kappa shape index (κ1) is 14.4. The van der Waals surface area contributed by atoms with Gasteiger partial charge in [0.1, 0.15) is 12.5 Å². The summed E-state index contributed by atoms with van der Waals surface area (Å²) in [6, 6.07) is 0. The molecule has 18 heavy (non-hydrogen) atoms. The van der Waals surface area contributed by atoms with Crippen molar-refractivity contribution >= 4 is 28.3 Å². The molecule has 0 saturated carbocycles. The maximum absolute atomic E-state index is 11.6. The van der Waals surface area contributed by atoms with Gasteiger partial charge in [-0.2, -0.15) is 0 Å². The number of primary amides is 1. The molecule has 1 heterocycles. The molecule has 1 aromatic rings. The predicted octanol–water partition coefficient (Wildman–Crippen LogP) is 0.883. The summed E-state index contributed by atoms with van der Waals surface area (Å²) in [5, 5.41) is 1.98. The maximum Gasteiger partial charge on any atom is 0.311 e. The van der Waals surface area contributed by atoms with Crippen LogP contribution in [0, 0.1) is 5.41 Å². The molecular weight excluding hydrogens is 254 g/mol. The minimum Gasteiger partial charge on any atom is -0.464 e. The molecule has 0 bridgehead atoms. The Kier molecular flexibility index (Phi) is 4.28. The SMILES string of the molecule is CC(C)(C)C(=O)OCC(C(N)=O)c1csc(N)n1. The number of nitrogens with two attached hydrogens (primary N) is 2. The number of hydrogen-bond acceptors (Lipinski definition) is 6. The third kappa shape index (κ3) is 3.69. The number of amides is 1. The van der Waals surface area contributed by atoms with E-state index in [2.05, 4.69) is 4.98 Å². The Labute approximate surface area is 109 Å². The number of rotatable bonds is 4. The minimum atomic E-state index is -0.759. The lowest BCUT2D eigenvalue weighted by atomic mass is 9.97. The number of anilines is 1. The lowest BCUT2D eigenvalue weighted by Crippen LogP contribution is -2.30. The van der Waals surface area contributed by atoms with Crippen LogP contribution in [0.15, 0.2) is 5.38 Å². The second-order valence-electron chi connectivity index (χ2n) is 4.91. The van der Waals surface area contributed by atoms with Crippen LogP contribution in [0.5, 0.6) is 0 Å². The minimum absolute atomic E-state index is 0.116. The summed E-state index contributed by atoms with van der Waals surface area (Å²) in [5.41, 5.74) is 10.6. The predicted molar refractivity (Wildman–Crippen MR) is 68.9 cm³/mol. The van der Waals surface area contributed by atoms with E-state index in [1.54, 1.807) is 26.2 Å². The van der Waals surface area contributed by atoms with Crippen molar-refractivity contribution in [2.24, 2.45) is 11.1 Å². The third-order valence-corrected chi connectivity index (χ3v) is 2.93. The van der Waals surface area contributed by atoms with Crippen molar-refractivity contribution in [3.63, 3.8) is 0 Å². The van der Waals surface area contributed by atoms with Gasteiger partial charge in [-0.15, -0.1) is 11.3 Å². The second kappa shape index (κ2) is 5.34. The standard InChI is InChI=1S/C11H17N3O3S/c1-11(2,3)9(16)17-4-6(8(12)15)7-5-18-10(13)14-7/h5-6H,4H2,1-3H3,(H2,12,15)(H2,13,14). The molecule has 0 spiro atoms. The Balaban J connectivity index is 2.72. The van der Waals surface area contributed by atoms with Crippen LogP contribution in [0.3, 0.4) is 0 Å². The number of nitrogens with zero attached hydrogens (tertiary/aromatic N) is 1. The van der Waals surface area contributed by atoms with Gasteiger partial charge in [0.2, 0.25) is 5.91 Å². The van der Waals surface area contributed by atoms with Crippen molar-refractivity contribution < 1.29 is 14.3 Å². The number of carbonyl (C=O) groups is 2. The molecule has 0 aliphatic carbocycles. The lowest BCUT2D eigenvalue weighted by molar-refractivity contribution is -0.153. The van der Waals surface area contributed by atoms with Crippen molar-refractivity contribution in [1.82, 2.24) is 4.98 Å². The molecule has 7 heteroatoms. The number of nitrogen functional groups attached to an aromatic ring is 1. The van der Waals surface area contributed by atoms with Gasteiger partial charge >= 0.3 is 5.97 Å². The third-order valence-electron chi connectivity index (χ3n) is 2.23. The molecule has 100 valence electrons. The van der Waals surface area contributed by atoms with Gasteiger partial charge in [0.25, 0.3) is 0 Å². The van der Waals surface area contributed by atoms with Crippen LogP contribution in [0.25, 0.3) is 0 Å². The number of thiazole rings is 1. The van der Waals surface area contributed by atoms with Crippen LogP contribution in [0.1, 0.15) is 32.4 Å². The van der Waals surface area contributed by atoms with Crippen LogP contribution >= 0.6 is 11.3 Å². The Bertz CT molecular complexity index is 451. The number of carbonyl (C=O) groups excluding carboxylic acids is 2. The van der Waals surface area contributed by atoms with E-state index in [1.165, 1.54) is 11.3 Å². The van der Waals surface area contributed by atoms with Crippen molar-refractivity contribution in [1.29, 1.82) is 0 Å². The Morgan fingerprint density at radius 3 is 2.50 bits per heavy atom. The monoisotopic (exact) mass is 271 g/mol. The van der Waals surface area contributed by atoms with Gasteiger partial charge in [0, 0.05) is 5.38 Å². The highest BCUT2D eigenvalue weighted by Crippen LogP contribution is 2.22. The van der Waals surface area contributed by atoms with E-state index < -0.39 is 23.2 Å². The van der Waals surface area contributed by atoms with Crippen LogP contribution < -0.4 is 11.5 Å². The van der Waals surface area contributed by atoms with Crippen LogP contribution in [0.2, 0.25) is 0 Å². The molecule has 0 aliphatic heterocycles. The summed E-state index contributed by atoms with van der Waals surface area (Å²) >= 11 is 1.21. The lowest BCUT2D eigenvalue weighted by Gasteiger charge is -2.18. The van der Waals surface area contributed by atoms with Gasteiger partial charge in [-0.05, 0) is 20.8 Å². The van der Waals surface area contributed by atoms with E-state index in [0.717, 1.165) is 0 Å². The highest BCUT2D eigenvalue weighted by Gasteiger charge is 2.27. The fourth-order valence-electron chi connectivity index (χ4n) is 1.15. The number of hydrogen-bond donors (Lipinski definition) is 2. The first-order valence-corrected chi connectivity index (χ1v) is 6.27. The smallest absolute Gasteiger partial charge is 0.311 e. The fraction of sp³-hybridized carbons (Fsp3) is 0.545. The highest BCUT2D eigenvalue weighted by atomic mass is 32.1. The summed E-state index contributed by atoms with van der Waals surface area (Å²) in [5.74, 6) is -1.75. The van der Waals surface area contributed by atoms with Crippen molar-refractivity contribution in [3.05, 3.63) is 11.1 Å². The zero-order valence-electron chi connectivity index (χ0n) is 10.6. The highest BCUT2D eigenvalue weighted by molar-refractivity contribution is 7.13. The van der Waals surface area contributed by atoms with E-state index in [1.807, 2.05) is 0 Å². The largest absolute Gasteiger partial charge is 0.464 e. The molecule has 1 amide bonds. The molecule has 4 N–H and O–H groups in total. The summed E-state index contributed by atoms with van der Waals surface area (Å²) < 4.78 is 5.08. The molecule has 1 unspecified atom stereocenters. The second-order valence-corrected chi connectivity index (χ2v) is 5.80. The van der Waals surface area contributed by atoms with Gasteiger partial charge in [-0.25, -0.2) is 4.98 Å². The van der Waals surface area contributed by atoms with Gasteiger partial charge in [-0.3, -0.25) is 9.59 Å². The average Bonchev–Trinajstić information content (AvgIpc) is 2.63. The molecule has 0 aliphatic rings. The molecule has 1 atom stereocenters. The molecule has 0 radical (unpaired) electrons. The molecular formula is C11H17N3O3S. The van der Waals surface area contributed by atoms with Gasteiger partial charge in [-0.1, -0.05) is 0 Å². The van der Waals surface area contributed by atoms with Crippen LogP contribution in [-0.2, 0) is 14.3 Å². The average molecular weight is 271 g/mol.